The molecule has 13 nitrogen and oxygen atoms in total. The zero-order chi connectivity index (χ0) is 43.0. The van der Waals surface area contributed by atoms with Crippen LogP contribution in [0.1, 0.15) is 69.4 Å². The molecule has 3 aromatic carbocycles. The lowest BCUT2D eigenvalue weighted by Crippen LogP contribution is -2.54. The number of halogens is 1. The van der Waals surface area contributed by atoms with Crippen LogP contribution in [-0.4, -0.2) is 101 Å². The van der Waals surface area contributed by atoms with Crippen molar-refractivity contribution in [3.05, 3.63) is 84.3 Å². The number of rotatable bonds is 8. The Bertz CT molecular complexity index is 2560. The van der Waals surface area contributed by atoms with Gasteiger partial charge in [0.1, 0.15) is 11.6 Å². The maximum absolute atomic E-state index is 15.6. The lowest BCUT2D eigenvalue weighted by Gasteiger charge is -2.53. The second kappa shape index (κ2) is 15.7. The van der Waals surface area contributed by atoms with Crippen molar-refractivity contribution in [2.24, 2.45) is 11.3 Å². The highest BCUT2D eigenvalue weighted by molar-refractivity contribution is 6.07. The summed E-state index contributed by atoms with van der Waals surface area (Å²) in [4.78, 5) is 35.7. The van der Waals surface area contributed by atoms with Crippen LogP contribution in [0.15, 0.2) is 72.9 Å². The molecule has 2 atom stereocenters. The van der Waals surface area contributed by atoms with E-state index in [1.54, 1.807) is 23.1 Å². The Morgan fingerprint density at radius 2 is 1.59 bits per heavy atom. The topological polar surface area (TPSA) is 139 Å². The molecule has 6 aliphatic rings. The first kappa shape index (κ1) is 39.9. The number of aryl methyl sites for hydroxylation is 1. The van der Waals surface area contributed by atoms with E-state index in [0.29, 0.717) is 47.4 Å². The number of para-hydroxylation sites is 1. The van der Waals surface area contributed by atoms with Crippen LogP contribution >= 0.6 is 0 Å². The van der Waals surface area contributed by atoms with Crippen molar-refractivity contribution < 1.29 is 19.1 Å². The van der Waals surface area contributed by atoms with Gasteiger partial charge in [0.05, 0.1) is 17.1 Å². The Morgan fingerprint density at radius 3 is 2.33 bits per heavy atom. The summed E-state index contributed by atoms with van der Waals surface area (Å²) < 4.78 is 18.1. The van der Waals surface area contributed by atoms with Gasteiger partial charge in [-0.15, -0.1) is 10.2 Å². The number of nitrogens with two attached hydrogens (primary N) is 1. The number of aromatic nitrogens is 3. The van der Waals surface area contributed by atoms with Gasteiger partial charge in [0.15, 0.2) is 5.82 Å². The van der Waals surface area contributed by atoms with Crippen LogP contribution in [-0.2, 0) is 4.79 Å². The zero-order valence-electron chi connectivity index (χ0n) is 36.1. The van der Waals surface area contributed by atoms with Gasteiger partial charge in [-0.25, -0.2) is 9.18 Å². The molecule has 2 aromatic heterocycles. The third-order valence-electron chi connectivity index (χ3n) is 15.6. The van der Waals surface area contributed by atoms with E-state index in [2.05, 4.69) is 71.0 Å². The van der Waals surface area contributed by atoms with Crippen LogP contribution in [0.5, 0.6) is 5.75 Å². The van der Waals surface area contributed by atoms with E-state index in [-0.39, 0.29) is 35.6 Å². The third-order valence-corrected chi connectivity index (χ3v) is 15.6. The highest BCUT2D eigenvalue weighted by Crippen LogP contribution is 2.55. The molecule has 0 radical (unpaired) electrons. The summed E-state index contributed by atoms with van der Waals surface area (Å²) in [6, 6.07) is 21.9. The fraction of sp³-hybridized carbons (Fsp3) is 0.469. The number of nitrogens with zero attached hydrogens (tertiary/aromatic N) is 8. The summed E-state index contributed by atoms with van der Waals surface area (Å²) >= 11 is 0. The second-order valence-corrected chi connectivity index (χ2v) is 19.3. The number of phenolic OH excluding ortho intramolecular Hbond substituents is 1. The minimum absolute atomic E-state index is 0.145. The molecule has 1 aliphatic carbocycles. The van der Waals surface area contributed by atoms with Gasteiger partial charge in [0, 0.05) is 97.9 Å². The van der Waals surface area contributed by atoms with Crippen molar-refractivity contribution in [3.8, 4) is 17.0 Å². The number of aromatic hydroxyl groups is 1. The highest BCUT2D eigenvalue weighted by Gasteiger charge is 2.47. The summed E-state index contributed by atoms with van der Waals surface area (Å²) in [6.07, 6.45) is 11.7. The summed E-state index contributed by atoms with van der Waals surface area (Å²) in [7, 11) is 0. The van der Waals surface area contributed by atoms with E-state index in [4.69, 9.17) is 5.73 Å². The number of piperazine rings is 1. The Morgan fingerprint density at radius 1 is 0.825 bits per heavy atom. The molecule has 4 N–H and O–H groups in total. The normalized spacial score (nSPS) is 23.2. The van der Waals surface area contributed by atoms with E-state index in [1.165, 1.54) is 36.6 Å². The Kier molecular flexibility index (Phi) is 9.96. The second-order valence-electron chi connectivity index (χ2n) is 19.3. The molecule has 7 heterocycles. The smallest absolute Gasteiger partial charge is 0.328 e. The lowest BCUT2D eigenvalue weighted by molar-refractivity contribution is -0.120. The van der Waals surface area contributed by atoms with Gasteiger partial charge in [0.25, 0.3) is 0 Å². The number of nitrogen functional groups attached to an aromatic ring is 1. The van der Waals surface area contributed by atoms with E-state index in [9.17, 15) is 14.7 Å². The molecule has 6 fully saturated rings. The molecule has 5 aliphatic heterocycles. The number of phenols is 1. The van der Waals surface area contributed by atoms with Gasteiger partial charge in [0.2, 0.25) is 5.91 Å². The number of hydrogen-bond acceptors (Lipinski definition) is 10. The van der Waals surface area contributed by atoms with Gasteiger partial charge < -0.3 is 35.0 Å². The van der Waals surface area contributed by atoms with Crippen LogP contribution in [0.25, 0.3) is 22.2 Å². The number of likely N-dealkylation sites (tertiary alicyclic amines) is 1. The number of fused-ring (bicyclic) bond motifs is 3. The van der Waals surface area contributed by atoms with E-state index in [1.807, 2.05) is 30.3 Å². The predicted octanol–water partition coefficient (Wildman–Crippen LogP) is 7.47. The summed E-state index contributed by atoms with van der Waals surface area (Å²) in [5.74, 6) is 0.805. The van der Waals surface area contributed by atoms with Crippen molar-refractivity contribution in [2.75, 3.05) is 77.7 Å². The molecule has 2 bridgehead atoms. The van der Waals surface area contributed by atoms with Crippen molar-refractivity contribution in [3.63, 3.8) is 0 Å². The number of carbonyl (C=O) groups excluding carboxylic acids is 2. The average Bonchev–Trinajstić information content (AvgIpc) is 3.82. The van der Waals surface area contributed by atoms with Gasteiger partial charge in [-0.3, -0.25) is 15.0 Å². The number of amides is 3. The minimum Gasteiger partial charge on any atom is -0.507 e. The first-order valence-corrected chi connectivity index (χ1v) is 23.0. The predicted molar refractivity (Wildman–Crippen MR) is 245 cm³/mol. The van der Waals surface area contributed by atoms with Crippen LogP contribution in [0.4, 0.5) is 37.8 Å². The summed E-state index contributed by atoms with van der Waals surface area (Å²) in [5.41, 5.74) is 13.9. The van der Waals surface area contributed by atoms with E-state index < -0.39 is 0 Å². The Balaban J connectivity index is 0.674. The van der Waals surface area contributed by atoms with Gasteiger partial charge in [-0.1, -0.05) is 12.1 Å². The maximum atomic E-state index is 15.6. The molecule has 1 spiro atoms. The fourth-order valence-electron chi connectivity index (χ4n) is 12.1. The van der Waals surface area contributed by atoms with Crippen LogP contribution in [0.2, 0.25) is 0 Å². The van der Waals surface area contributed by atoms with Gasteiger partial charge >= 0.3 is 6.03 Å². The fourth-order valence-corrected chi connectivity index (χ4v) is 12.1. The van der Waals surface area contributed by atoms with Crippen molar-refractivity contribution in [1.29, 1.82) is 0 Å². The molecular formula is C49H57FN10O3. The Hall–Kier alpha value is -5.89. The minimum atomic E-state index is -0.341. The molecule has 5 aromatic rings. The molecule has 14 heteroatoms. The van der Waals surface area contributed by atoms with Crippen molar-refractivity contribution >= 4 is 51.4 Å². The summed E-state index contributed by atoms with van der Waals surface area (Å²) in [6.45, 7) is 9.21. The molecule has 63 heavy (non-hydrogen) atoms. The van der Waals surface area contributed by atoms with Crippen LogP contribution < -0.4 is 30.7 Å². The quantitative estimate of drug-likeness (QED) is 0.144. The molecule has 11 rings (SSSR count). The standard InChI is InChI=1S/C49H57FN10O3/c1-31-37-14-20-58(42(37)11-10-41(31)59-21-15-46(62)52-48(59)63)36-26-49(27-36)16-22-55(23-17-49)28-32-12-18-56(19-13-32)43-24-33(8-9-39(43)50)60-34-6-7-35(60)30-57(29-34)44-25-40(53-54-47(44)51)38-4-2-3-5-45(38)61/h2-5,8-11,14,20,24-25,32,34-36,61H,6-7,12-13,15-19,21-23,26-30H2,1H3,(H2,51,54)(H,52,62,63). The maximum Gasteiger partial charge on any atom is 0.328 e. The number of benzene rings is 3. The number of piperidine rings is 2. The highest BCUT2D eigenvalue weighted by atomic mass is 19.1. The third kappa shape index (κ3) is 7.19. The molecule has 328 valence electrons. The van der Waals surface area contributed by atoms with Crippen molar-refractivity contribution in [2.45, 2.75) is 82.8 Å². The lowest BCUT2D eigenvalue weighted by atomic mass is 9.60. The van der Waals surface area contributed by atoms with Gasteiger partial charge in [-0.2, -0.15) is 0 Å². The molecule has 2 unspecified atom stereocenters. The largest absolute Gasteiger partial charge is 0.507 e. The number of anilines is 5. The number of carbonyl (C=O) groups is 2. The summed E-state index contributed by atoms with van der Waals surface area (Å²) in [5, 5.41) is 22.6. The SMILES string of the molecule is Cc1c(N2CCC(=O)NC2=O)ccc2c1ccn2C1CC2(CCN(CC3CCN(c4cc(N5C6CCC5CN(c5cc(-c7ccccc7O)nnc5N)C6)ccc4F)CC3)CC2)C1. The monoisotopic (exact) mass is 852 g/mol. The van der Waals surface area contributed by atoms with Gasteiger partial charge in [-0.05, 0) is 143 Å². The van der Waals surface area contributed by atoms with E-state index >= 15 is 4.39 Å². The van der Waals surface area contributed by atoms with Crippen LogP contribution in [0.3, 0.4) is 0 Å². The zero-order valence-corrected chi connectivity index (χ0v) is 36.1. The molecular weight excluding hydrogens is 796 g/mol. The first-order chi connectivity index (χ1) is 30.6. The van der Waals surface area contributed by atoms with Crippen molar-refractivity contribution in [1.82, 2.24) is 25.0 Å². The Labute approximate surface area is 367 Å². The molecule has 5 saturated heterocycles. The molecule has 1 saturated carbocycles. The van der Waals surface area contributed by atoms with Crippen LogP contribution in [0, 0.1) is 24.1 Å². The molecule has 3 amide bonds. The number of nitrogens with one attached hydrogen (secondary N) is 1. The number of urea groups is 1. The first-order valence-electron chi connectivity index (χ1n) is 23.0. The number of imide groups is 1. The number of hydrogen-bond donors (Lipinski definition) is 3. The van der Waals surface area contributed by atoms with E-state index in [0.717, 1.165) is 99.8 Å². The average molecular weight is 853 g/mol.